The molecule has 106 valence electrons. The van der Waals surface area contributed by atoms with E-state index in [0.717, 1.165) is 17.7 Å². The third-order valence-electron chi connectivity index (χ3n) is 2.92. The van der Waals surface area contributed by atoms with Crippen LogP contribution in [0, 0.1) is 0 Å². The Hall–Kier alpha value is -2.34. The van der Waals surface area contributed by atoms with Crippen LogP contribution in [0.3, 0.4) is 0 Å². The quantitative estimate of drug-likeness (QED) is 0.495. The van der Waals surface area contributed by atoms with E-state index in [2.05, 4.69) is 12.1 Å². The fourth-order valence-electron chi connectivity index (χ4n) is 1.61. The number of hydrogen-bond donors (Lipinski definition) is 2. The van der Waals surface area contributed by atoms with Crippen molar-refractivity contribution < 1.29 is 14.1 Å². The highest BCUT2D eigenvalue weighted by atomic mass is 16.5. The van der Waals surface area contributed by atoms with Gasteiger partial charge in [-0.3, -0.25) is 10.2 Å². The van der Waals surface area contributed by atoms with Crippen molar-refractivity contribution in [1.29, 1.82) is 0 Å². The van der Waals surface area contributed by atoms with Gasteiger partial charge in [-0.25, -0.2) is 5.84 Å². The molecule has 1 aromatic heterocycles. The second-order valence-electron chi connectivity index (χ2n) is 4.41. The van der Waals surface area contributed by atoms with Gasteiger partial charge >= 0.3 is 0 Å². The molecule has 1 aromatic carbocycles. The van der Waals surface area contributed by atoms with Gasteiger partial charge in [0.05, 0.1) is 6.10 Å². The maximum atomic E-state index is 11.3. The molecule has 6 heteroatoms. The van der Waals surface area contributed by atoms with Crippen LogP contribution in [0.2, 0.25) is 0 Å². The average Bonchev–Trinajstić information content (AvgIpc) is 2.97. The van der Waals surface area contributed by atoms with E-state index in [1.165, 1.54) is 6.07 Å². The number of hydrazine groups is 1. The highest BCUT2D eigenvalue weighted by Crippen LogP contribution is 2.23. The van der Waals surface area contributed by atoms with E-state index in [-0.39, 0.29) is 11.8 Å². The molecule has 0 saturated carbocycles. The molecule has 0 aliphatic rings. The number of carbonyl (C=O) groups excluding carboxylic acids is 1. The first-order chi connectivity index (χ1) is 9.63. The Morgan fingerprint density at radius 1 is 1.45 bits per heavy atom. The summed E-state index contributed by atoms with van der Waals surface area (Å²) in [6.07, 6.45) is 1.12. The fraction of sp³-hybridized carbons (Fsp3) is 0.286. The zero-order valence-corrected chi connectivity index (χ0v) is 11.4. The average molecular weight is 275 g/mol. The standard InChI is InChI=1S/C14H17N3O3/c1-3-9(2)19-11-6-4-10(5-7-11)13-8-12(17-20-13)14(18)16-15/h4-9H,3,15H2,1-2H3,(H,16,18). The molecule has 1 unspecified atom stereocenters. The third-order valence-corrected chi connectivity index (χ3v) is 2.92. The number of benzene rings is 1. The first-order valence-electron chi connectivity index (χ1n) is 6.38. The van der Waals surface area contributed by atoms with Crippen LogP contribution < -0.4 is 16.0 Å². The Bertz CT molecular complexity index is 578. The van der Waals surface area contributed by atoms with Gasteiger partial charge < -0.3 is 9.26 Å². The lowest BCUT2D eigenvalue weighted by atomic mass is 10.1. The lowest BCUT2D eigenvalue weighted by Gasteiger charge is -2.12. The van der Waals surface area contributed by atoms with Crippen LogP contribution in [0.4, 0.5) is 0 Å². The molecular formula is C14H17N3O3. The van der Waals surface area contributed by atoms with Gasteiger partial charge in [-0.2, -0.15) is 0 Å². The minimum Gasteiger partial charge on any atom is -0.491 e. The first kappa shape index (κ1) is 14.1. The summed E-state index contributed by atoms with van der Waals surface area (Å²) in [6, 6.07) is 8.94. The zero-order valence-electron chi connectivity index (χ0n) is 11.4. The molecule has 0 spiro atoms. The van der Waals surface area contributed by atoms with Crippen molar-refractivity contribution in [3.05, 3.63) is 36.0 Å². The lowest BCUT2D eigenvalue weighted by molar-refractivity contribution is 0.0944. The van der Waals surface area contributed by atoms with Gasteiger partial charge in [0.2, 0.25) is 0 Å². The zero-order chi connectivity index (χ0) is 14.5. The summed E-state index contributed by atoms with van der Waals surface area (Å²) in [5.74, 6) is 5.84. The summed E-state index contributed by atoms with van der Waals surface area (Å²) in [5.41, 5.74) is 2.95. The van der Waals surface area contributed by atoms with Crippen molar-refractivity contribution in [2.45, 2.75) is 26.4 Å². The van der Waals surface area contributed by atoms with E-state index in [9.17, 15) is 4.79 Å². The number of nitrogens with one attached hydrogen (secondary N) is 1. The smallest absolute Gasteiger partial charge is 0.287 e. The minimum absolute atomic E-state index is 0.141. The number of nitrogens with zero attached hydrogens (tertiary/aromatic N) is 1. The van der Waals surface area contributed by atoms with Crippen molar-refractivity contribution in [2.24, 2.45) is 5.84 Å². The first-order valence-corrected chi connectivity index (χ1v) is 6.38. The predicted molar refractivity (Wildman–Crippen MR) is 74.0 cm³/mol. The maximum absolute atomic E-state index is 11.3. The molecule has 0 saturated heterocycles. The Balaban J connectivity index is 2.13. The number of carbonyl (C=O) groups is 1. The molecule has 0 bridgehead atoms. The summed E-state index contributed by atoms with van der Waals surface area (Å²) in [5, 5.41) is 3.65. The van der Waals surface area contributed by atoms with Gasteiger partial charge in [0.25, 0.3) is 5.91 Å². The van der Waals surface area contributed by atoms with Gasteiger partial charge in [-0.05, 0) is 37.6 Å². The topological polar surface area (TPSA) is 90.4 Å². The molecule has 0 fully saturated rings. The molecule has 0 aliphatic carbocycles. The number of aromatic nitrogens is 1. The van der Waals surface area contributed by atoms with Crippen LogP contribution >= 0.6 is 0 Å². The molecular weight excluding hydrogens is 258 g/mol. The monoisotopic (exact) mass is 275 g/mol. The molecule has 20 heavy (non-hydrogen) atoms. The molecule has 1 atom stereocenters. The van der Waals surface area contributed by atoms with E-state index in [0.29, 0.717) is 5.76 Å². The van der Waals surface area contributed by atoms with Crippen LogP contribution in [-0.2, 0) is 0 Å². The van der Waals surface area contributed by atoms with Crippen molar-refractivity contribution >= 4 is 5.91 Å². The van der Waals surface area contributed by atoms with Crippen molar-refractivity contribution in [2.75, 3.05) is 0 Å². The SMILES string of the molecule is CCC(C)Oc1ccc(-c2cc(C(=O)NN)no2)cc1. The number of nitrogen functional groups attached to an aromatic ring is 1. The maximum Gasteiger partial charge on any atom is 0.287 e. The second kappa shape index (κ2) is 6.21. The summed E-state index contributed by atoms with van der Waals surface area (Å²) in [4.78, 5) is 11.3. The largest absolute Gasteiger partial charge is 0.491 e. The minimum atomic E-state index is -0.489. The molecule has 3 N–H and O–H groups in total. The van der Waals surface area contributed by atoms with Gasteiger partial charge in [0.1, 0.15) is 5.75 Å². The number of ether oxygens (including phenoxy) is 1. The number of amides is 1. The van der Waals surface area contributed by atoms with Gasteiger partial charge in [0.15, 0.2) is 11.5 Å². The van der Waals surface area contributed by atoms with Crippen LogP contribution in [0.1, 0.15) is 30.8 Å². The van der Waals surface area contributed by atoms with Crippen molar-refractivity contribution in [3.63, 3.8) is 0 Å². The van der Waals surface area contributed by atoms with Crippen molar-refractivity contribution in [3.8, 4) is 17.1 Å². The fourth-order valence-corrected chi connectivity index (χ4v) is 1.61. The van der Waals surface area contributed by atoms with Gasteiger partial charge in [0, 0.05) is 11.6 Å². The van der Waals surface area contributed by atoms with Gasteiger partial charge in [-0.1, -0.05) is 12.1 Å². The van der Waals surface area contributed by atoms with E-state index in [1.54, 1.807) is 0 Å². The second-order valence-corrected chi connectivity index (χ2v) is 4.41. The molecule has 6 nitrogen and oxygen atoms in total. The Labute approximate surface area is 116 Å². The number of rotatable bonds is 5. The molecule has 0 aliphatic heterocycles. The van der Waals surface area contributed by atoms with E-state index in [1.807, 2.05) is 36.6 Å². The van der Waals surface area contributed by atoms with Crippen molar-refractivity contribution in [1.82, 2.24) is 10.6 Å². The predicted octanol–water partition coefficient (Wildman–Crippen LogP) is 2.12. The van der Waals surface area contributed by atoms with Gasteiger partial charge in [-0.15, -0.1) is 0 Å². The summed E-state index contributed by atoms with van der Waals surface area (Å²) < 4.78 is 10.8. The molecule has 2 rings (SSSR count). The summed E-state index contributed by atoms with van der Waals surface area (Å²) >= 11 is 0. The summed E-state index contributed by atoms with van der Waals surface area (Å²) in [6.45, 7) is 4.08. The highest BCUT2D eigenvalue weighted by Gasteiger charge is 2.12. The Morgan fingerprint density at radius 3 is 2.75 bits per heavy atom. The van der Waals surface area contributed by atoms with E-state index >= 15 is 0 Å². The Morgan fingerprint density at radius 2 is 2.15 bits per heavy atom. The number of hydrogen-bond acceptors (Lipinski definition) is 5. The third kappa shape index (κ3) is 3.16. The van der Waals surface area contributed by atoms with Crippen LogP contribution in [0.15, 0.2) is 34.9 Å². The van der Waals surface area contributed by atoms with Crippen LogP contribution in [0.5, 0.6) is 5.75 Å². The normalized spacial score (nSPS) is 11.9. The highest BCUT2D eigenvalue weighted by molar-refractivity contribution is 5.92. The van der Waals surface area contributed by atoms with E-state index in [4.69, 9.17) is 15.1 Å². The number of nitrogens with two attached hydrogens (primary N) is 1. The Kier molecular flexibility index (Phi) is 4.37. The van der Waals surface area contributed by atoms with E-state index < -0.39 is 5.91 Å². The van der Waals surface area contributed by atoms with Crippen LogP contribution in [0.25, 0.3) is 11.3 Å². The molecule has 1 heterocycles. The molecule has 1 amide bonds. The molecule has 0 radical (unpaired) electrons. The van der Waals surface area contributed by atoms with Crippen LogP contribution in [-0.4, -0.2) is 17.2 Å². The summed E-state index contributed by atoms with van der Waals surface area (Å²) in [7, 11) is 0. The lowest BCUT2D eigenvalue weighted by Crippen LogP contribution is -2.30. The molecule has 2 aromatic rings.